The summed E-state index contributed by atoms with van der Waals surface area (Å²) in [6, 6.07) is 1.13. The molecule has 0 fully saturated rings. The smallest absolute Gasteiger partial charge is 0.313 e. The zero-order valence-corrected chi connectivity index (χ0v) is 14.1. The van der Waals surface area contributed by atoms with Gasteiger partial charge in [-0.1, -0.05) is 0 Å². The Morgan fingerprint density at radius 1 is 1.32 bits per heavy atom. The monoisotopic (exact) mass is 379 g/mol. The lowest BCUT2D eigenvalue weighted by molar-refractivity contribution is -0.156. The van der Waals surface area contributed by atoms with Gasteiger partial charge in [-0.05, 0) is 48.3 Å². The van der Waals surface area contributed by atoms with E-state index in [0.717, 1.165) is 6.07 Å². The van der Waals surface area contributed by atoms with Gasteiger partial charge in [0.05, 0.1) is 12.9 Å². The zero-order chi connectivity index (χ0) is 17.8. The number of carbonyl (C=O) groups is 2. The molecule has 0 aliphatic heterocycles. The fourth-order valence-corrected chi connectivity index (χ4v) is 2.11. The van der Waals surface area contributed by atoms with Crippen LogP contribution in [0, 0.1) is 11.6 Å². The highest BCUT2D eigenvalue weighted by Crippen LogP contribution is 2.30. The molecule has 0 saturated heterocycles. The van der Waals surface area contributed by atoms with Crippen molar-refractivity contribution in [2.75, 3.05) is 7.09 Å². The first kappa shape index (κ1) is 16.9. The van der Waals surface area contributed by atoms with Gasteiger partial charge in [-0.25, -0.2) is 4.39 Å². The van der Waals surface area contributed by atoms with Crippen LogP contribution in [0.25, 0.3) is 0 Å². The van der Waals surface area contributed by atoms with Gasteiger partial charge in [0.25, 0.3) is 0 Å². The summed E-state index contributed by atoms with van der Waals surface area (Å²) in [5.41, 5.74) is -0.587. The van der Waals surface area contributed by atoms with Crippen molar-refractivity contribution in [3.8, 4) is 5.75 Å². The highest BCUT2D eigenvalue weighted by molar-refractivity contribution is 9.10. The predicted octanol–water partition coefficient (Wildman–Crippen LogP) is 3.58. The van der Waals surface area contributed by atoms with Crippen LogP contribution >= 0.6 is 15.9 Å². The van der Waals surface area contributed by atoms with Crippen LogP contribution in [-0.4, -0.2) is 24.4 Å². The lowest BCUT2D eigenvalue weighted by Gasteiger charge is -2.19. The van der Waals surface area contributed by atoms with E-state index >= 15 is 0 Å². The fraction of sp³-hybridized carbons (Fsp3) is 0.467. The van der Waals surface area contributed by atoms with Crippen LogP contribution < -0.4 is 4.74 Å². The van der Waals surface area contributed by atoms with E-state index in [9.17, 15) is 18.4 Å². The predicted molar refractivity (Wildman–Crippen MR) is 79.8 cm³/mol. The second kappa shape index (κ2) is 7.17. The molecule has 0 bridgehead atoms. The minimum atomic E-state index is -1.24. The van der Waals surface area contributed by atoms with Gasteiger partial charge in [0.15, 0.2) is 11.6 Å². The molecule has 0 radical (unpaired) electrons. The minimum absolute atomic E-state index is 0.126. The van der Waals surface area contributed by atoms with E-state index in [0.29, 0.717) is 0 Å². The quantitative estimate of drug-likeness (QED) is 0.445. The van der Waals surface area contributed by atoms with Gasteiger partial charge >= 0.3 is 5.97 Å². The summed E-state index contributed by atoms with van der Waals surface area (Å²) in [7, 11) is -0.594. The van der Waals surface area contributed by atoms with Crippen molar-refractivity contribution in [2.45, 2.75) is 39.2 Å². The van der Waals surface area contributed by atoms with Gasteiger partial charge in [0.1, 0.15) is 17.8 Å². The number of hydrogen-bond donors (Lipinski definition) is 0. The lowest BCUT2D eigenvalue weighted by Crippen LogP contribution is -2.25. The van der Waals surface area contributed by atoms with Gasteiger partial charge in [0.2, 0.25) is 5.82 Å². The molecule has 0 aliphatic rings. The Hall–Kier alpha value is -1.50. The molecule has 0 heterocycles. The summed E-state index contributed by atoms with van der Waals surface area (Å²) >= 11 is 2.87. The first-order valence-corrected chi connectivity index (χ1v) is 7.16. The average molecular weight is 380 g/mol. The Morgan fingerprint density at radius 3 is 2.50 bits per heavy atom. The van der Waals surface area contributed by atoms with Gasteiger partial charge in [-0.2, -0.15) is 4.39 Å². The SMILES string of the molecule is [2H]COc1cc(CC(=O)CC(=O)OC(C)(C)C)c(Br)c(F)c1F. The molecule has 0 aromatic heterocycles. The molecule has 0 aliphatic carbocycles. The van der Waals surface area contributed by atoms with Crippen LogP contribution in [0.1, 0.15) is 34.1 Å². The van der Waals surface area contributed by atoms with Crippen molar-refractivity contribution >= 4 is 27.7 Å². The first-order valence-electron chi connectivity index (χ1n) is 7.07. The van der Waals surface area contributed by atoms with Gasteiger partial charge < -0.3 is 9.47 Å². The molecular formula is C15H17BrF2O4. The summed E-state index contributed by atoms with van der Waals surface area (Å²) in [4.78, 5) is 23.5. The van der Waals surface area contributed by atoms with Crippen LogP contribution in [0.2, 0.25) is 0 Å². The maximum atomic E-state index is 13.7. The lowest BCUT2D eigenvalue weighted by atomic mass is 10.1. The number of methoxy groups -OCH3 is 1. The Bertz CT molecular complexity index is 614. The third-order valence-corrected chi connectivity index (χ3v) is 3.35. The van der Waals surface area contributed by atoms with Crippen molar-refractivity contribution in [3.63, 3.8) is 0 Å². The van der Waals surface area contributed by atoms with Crippen LogP contribution in [0.15, 0.2) is 10.5 Å². The molecule has 22 heavy (non-hydrogen) atoms. The second-order valence-corrected chi connectivity index (χ2v) is 6.39. The average Bonchev–Trinajstić information content (AvgIpc) is 2.39. The Labute approximate surface area is 137 Å². The second-order valence-electron chi connectivity index (χ2n) is 5.60. The molecule has 4 nitrogen and oxygen atoms in total. The molecule has 122 valence electrons. The normalized spacial score (nSPS) is 11.8. The van der Waals surface area contributed by atoms with E-state index in [4.69, 9.17) is 6.11 Å². The molecule has 0 amide bonds. The van der Waals surface area contributed by atoms with E-state index in [1.54, 1.807) is 20.8 Å². The van der Waals surface area contributed by atoms with Crippen molar-refractivity contribution < 1.29 is 29.2 Å². The molecule has 1 aromatic rings. The van der Waals surface area contributed by atoms with Crippen LogP contribution in [0.4, 0.5) is 8.78 Å². The summed E-state index contributed by atoms with van der Waals surface area (Å²) < 4.78 is 43.7. The molecule has 0 unspecified atom stereocenters. The van der Waals surface area contributed by atoms with E-state index in [1.807, 2.05) is 0 Å². The van der Waals surface area contributed by atoms with Gasteiger partial charge in [-0.15, -0.1) is 0 Å². The number of hydrogen-bond acceptors (Lipinski definition) is 4. The number of esters is 1. The largest absolute Gasteiger partial charge is 0.494 e. The summed E-state index contributed by atoms with van der Waals surface area (Å²) in [6.45, 7) is 5.02. The molecule has 0 spiro atoms. The van der Waals surface area contributed by atoms with Crippen LogP contribution in [0.5, 0.6) is 5.75 Å². The zero-order valence-electron chi connectivity index (χ0n) is 13.5. The van der Waals surface area contributed by atoms with Crippen LogP contribution in [-0.2, 0) is 20.7 Å². The summed E-state index contributed by atoms with van der Waals surface area (Å²) in [6.07, 6.45) is -0.775. The number of ether oxygens (including phenoxy) is 2. The van der Waals surface area contributed by atoms with E-state index in [2.05, 4.69) is 20.7 Å². The highest BCUT2D eigenvalue weighted by Gasteiger charge is 2.22. The number of carbonyl (C=O) groups excluding carboxylic acids is 2. The third kappa shape index (κ3) is 5.05. The van der Waals surface area contributed by atoms with Crippen molar-refractivity contribution in [1.29, 1.82) is 0 Å². The third-order valence-electron chi connectivity index (χ3n) is 2.49. The minimum Gasteiger partial charge on any atom is -0.494 e. The number of rotatable bonds is 5. The number of ketones is 1. The highest BCUT2D eigenvalue weighted by atomic mass is 79.9. The standard InChI is InChI=1S/C15H17BrF2O4/c1-15(2,3)22-11(20)7-9(19)5-8-6-10(21-4)13(17)14(18)12(8)16/h6H,5,7H2,1-4H3/i4D. The van der Waals surface area contributed by atoms with E-state index in [-0.39, 0.29) is 16.5 Å². The molecule has 0 N–H and O–H groups in total. The topological polar surface area (TPSA) is 52.6 Å². The molecular weight excluding hydrogens is 362 g/mol. The maximum Gasteiger partial charge on any atom is 0.313 e. The molecule has 1 aromatic carbocycles. The van der Waals surface area contributed by atoms with Crippen molar-refractivity contribution in [2.24, 2.45) is 0 Å². The van der Waals surface area contributed by atoms with Gasteiger partial charge in [-0.3, -0.25) is 9.59 Å². The van der Waals surface area contributed by atoms with E-state index < -0.39 is 48.2 Å². The number of Topliss-reactive ketones (excluding diaryl/α,β-unsaturated/α-hetero) is 1. The molecule has 0 saturated carbocycles. The molecule has 1 rings (SSSR count). The molecule has 7 heteroatoms. The fourth-order valence-electron chi connectivity index (χ4n) is 1.68. The summed E-state index contributed by atoms with van der Waals surface area (Å²) in [5, 5.41) is 0. The van der Waals surface area contributed by atoms with Crippen molar-refractivity contribution in [1.82, 2.24) is 0 Å². The van der Waals surface area contributed by atoms with E-state index in [1.165, 1.54) is 0 Å². The van der Waals surface area contributed by atoms with Gasteiger partial charge in [0, 0.05) is 6.42 Å². The molecule has 0 atom stereocenters. The maximum absolute atomic E-state index is 13.7. The Kier molecular flexibility index (Phi) is 5.50. The summed E-state index contributed by atoms with van der Waals surface area (Å²) in [5.74, 6) is -4.11. The Balaban J connectivity index is 2.88. The first-order chi connectivity index (χ1) is 10.5. The number of benzene rings is 1. The Morgan fingerprint density at radius 2 is 1.95 bits per heavy atom. The number of halogens is 3. The van der Waals surface area contributed by atoms with Crippen molar-refractivity contribution in [3.05, 3.63) is 27.7 Å². The van der Waals surface area contributed by atoms with Crippen LogP contribution in [0.3, 0.4) is 0 Å².